The van der Waals surface area contributed by atoms with Crippen molar-refractivity contribution in [2.75, 3.05) is 26.3 Å². The van der Waals surface area contributed by atoms with Crippen LogP contribution in [0.25, 0.3) is 0 Å². The first kappa shape index (κ1) is 12.5. The van der Waals surface area contributed by atoms with Crippen molar-refractivity contribution in [2.45, 2.75) is 32.8 Å². The van der Waals surface area contributed by atoms with Gasteiger partial charge in [0.25, 0.3) is 0 Å². The van der Waals surface area contributed by atoms with Crippen LogP contribution in [0.2, 0.25) is 0 Å². The number of rotatable bonds is 4. The maximum Gasteiger partial charge on any atom is 0.225 e. The number of amides is 1. The van der Waals surface area contributed by atoms with Crippen LogP contribution in [0, 0.1) is 5.92 Å². The fourth-order valence-electron chi connectivity index (χ4n) is 1.83. The average Bonchev–Trinajstić information content (AvgIpc) is 2.26. The molecule has 0 radical (unpaired) electrons. The molecule has 4 nitrogen and oxygen atoms in total. The molecule has 88 valence electrons. The van der Waals surface area contributed by atoms with Crippen molar-refractivity contribution in [3.8, 4) is 0 Å². The third kappa shape index (κ3) is 3.80. The van der Waals surface area contributed by atoms with Crippen molar-refractivity contribution >= 4 is 5.91 Å². The zero-order chi connectivity index (χ0) is 11.3. The SMILES string of the molecule is CC(C)C(=O)N1CCC(OCCO)CC1. The van der Waals surface area contributed by atoms with Crippen LogP contribution in [0.15, 0.2) is 0 Å². The molecule has 0 unspecified atom stereocenters. The topological polar surface area (TPSA) is 49.8 Å². The molecule has 0 spiro atoms. The predicted octanol–water partition coefficient (Wildman–Crippen LogP) is 0.642. The van der Waals surface area contributed by atoms with Crippen LogP contribution in [-0.2, 0) is 9.53 Å². The van der Waals surface area contributed by atoms with Crippen LogP contribution < -0.4 is 0 Å². The van der Waals surface area contributed by atoms with Gasteiger partial charge in [0, 0.05) is 19.0 Å². The van der Waals surface area contributed by atoms with Gasteiger partial charge in [-0.1, -0.05) is 13.8 Å². The number of aliphatic hydroxyl groups is 1. The van der Waals surface area contributed by atoms with Gasteiger partial charge in [-0.3, -0.25) is 4.79 Å². The van der Waals surface area contributed by atoms with E-state index in [0.717, 1.165) is 25.9 Å². The lowest BCUT2D eigenvalue weighted by atomic mass is 10.1. The highest BCUT2D eigenvalue weighted by Gasteiger charge is 2.24. The van der Waals surface area contributed by atoms with Gasteiger partial charge in [-0.05, 0) is 12.8 Å². The lowest BCUT2D eigenvalue weighted by Gasteiger charge is -2.32. The minimum absolute atomic E-state index is 0.0745. The van der Waals surface area contributed by atoms with Gasteiger partial charge in [-0.2, -0.15) is 0 Å². The Morgan fingerprint density at radius 2 is 2.07 bits per heavy atom. The van der Waals surface area contributed by atoms with Gasteiger partial charge in [0.15, 0.2) is 0 Å². The summed E-state index contributed by atoms with van der Waals surface area (Å²) >= 11 is 0. The summed E-state index contributed by atoms with van der Waals surface area (Å²) in [5, 5.41) is 8.62. The standard InChI is InChI=1S/C11H21NO3/c1-9(2)11(14)12-5-3-10(4-6-12)15-8-7-13/h9-10,13H,3-8H2,1-2H3. The van der Waals surface area contributed by atoms with E-state index >= 15 is 0 Å². The minimum atomic E-state index is 0.0745. The molecule has 0 saturated carbocycles. The number of hydrogen-bond donors (Lipinski definition) is 1. The van der Waals surface area contributed by atoms with E-state index in [4.69, 9.17) is 9.84 Å². The van der Waals surface area contributed by atoms with E-state index in [-0.39, 0.29) is 24.5 Å². The van der Waals surface area contributed by atoms with E-state index in [1.807, 2.05) is 18.7 Å². The summed E-state index contributed by atoms with van der Waals surface area (Å²) in [5.74, 6) is 0.315. The summed E-state index contributed by atoms with van der Waals surface area (Å²) in [6.45, 7) is 5.90. The van der Waals surface area contributed by atoms with Crippen LogP contribution >= 0.6 is 0 Å². The van der Waals surface area contributed by atoms with E-state index in [1.165, 1.54) is 0 Å². The molecule has 1 rings (SSSR count). The van der Waals surface area contributed by atoms with Crippen LogP contribution in [0.4, 0.5) is 0 Å². The van der Waals surface area contributed by atoms with Crippen LogP contribution in [-0.4, -0.2) is 48.3 Å². The third-order valence-corrected chi connectivity index (χ3v) is 2.69. The highest BCUT2D eigenvalue weighted by atomic mass is 16.5. The molecule has 0 aromatic carbocycles. The van der Waals surface area contributed by atoms with Crippen molar-refractivity contribution in [3.63, 3.8) is 0 Å². The third-order valence-electron chi connectivity index (χ3n) is 2.69. The van der Waals surface area contributed by atoms with Gasteiger partial charge < -0.3 is 14.7 Å². The highest BCUT2D eigenvalue weighted by Crippen LogP contribution is 2.15. The molecule has 4 heteroatoms. The van der Waals surface area contributed by atoms with Gasteiger partial charge in [0.2, 0.25) is 5.91 Å². The predicted molar refractivity (Wildman–Crippen MR) is 57.5 cm³/mol. The Balaban J connectivity index is 2.26. The maximum atomic E-state index is 11.7. The molecule has 1 aliphatic rings. The molecule has 1 heterocycles. The number of carbonyl (C=O) groups excluding carboxylic acids is 1. The molecule has 1 aliphatic heterocycles. The number of aliphatic hydroxyl groups excluding tert-OH is 1. The second-order valence-electron chi connectivity index (χ2n) is 4.27. The Bertz CT molecular complexity index is 198. The van der Waals surface area contributed by atoms with E-state index in [9.17, 15) is 4.79 Å². The molecule has 1 saturated heterocycles. The van der Waals surface area contributed by atoms with Crippen molar-refractivity contribution < 1.29 is 14.6 Å². The average molecular weight is 215 g/mol. The molecule has 0 aliphatic carbocycles. The quantitative estimate of drug-likeness (QED) is 0.749. The summed E-state index contributed by atoms with van der Waals surface area (Å²) in [6.07, 6.45) is 1.99. The molecular formula is C11H21NO3. The Hall–Kier alpha value is -0.610. The second-order valence-corrected chi connectivity index (χ2v) is 4.27. The maximum absolute atomic E-state index is 11.7. The molecule has 1 amide bonds. The molecule has 0 aromatic heterocycles. The number of nitrogens with zero attached hydrogens (tertiary/aromatic N) is 1. The molecule has 15 heavy (non-hydrogen) atoms. The van der Waals surface area contributed by atoms with Crippen molar-refractivity contribution in [1.29, 1.82) is 0 Å². The normalized spacial score (nSPS) is 18.5. The second kappa shape index (κ2) is 6.08. The Morgan fingerprint density at radius 3 is 2.53 bits per heavy atom. The van der Waals surface area contributed by atoms with Gasteiger partial charge in [-0.15, -0.1) is 0 Å². The van der Waals surface area contributed by atoms with Crippen LogP contribution in [0.5, 0.6) is 0 Å². The molecular weight excluding hydrogens is 194 g/mol. The molecule has 0 atom stereocenters. The van der Waals surface area contributed by atoms with Crippen molar-refractivity contribution in [3.05, 3.63) is 0 Å². The van der Waals surface area contributed by atoms with Gasteiger partial charge in [-0.25, -0.2) is 0 Å². The van der Waals surface area contributed by atoms with E-state index in [1.54, 1.807) is 0 Å². The van der Waals surface area contributed by atoms with Gasteiger partial charge >= 0.3 is 0 Å². The van der Waals surface area contributed by atoms with Crippen molar-refractivity contribution in [1.82, 2.24) is 4.90 Å². The Labute approximate surface area is 91.2 Å². The molecule has 1 fully saturated rings. The monoisotopic (exact) mass is 215 g/mol. The zero-order valence-electron chi connectivity index (χ0n) is 9.61. The summed E-state index contributed by atoms with van der Waals surface area (Å²) in [5.41, 5.74) is 0. The fourth-order valence-corrected chi connectivity index (χ4v) is 1.83. The fraction of sp³-hybridized carbons (Fsp3) is 0.909. The summed E-state index contributed by atoms with van der Waals surface area (Å²) in [4.78, 5) is 13.6. The van der Waals surface area contributed by atoms with E-state index < -0.39 is 0 Å². The number of piperidine rings is 1. The molecule has 0 aromatic rings. The first-order valence-corrected chi connectivity index (χ1v) is 5.66. The summed E-state index contributed by atoms with van der Waals surface area (Å²) < 4.78 is 5.43. The Morgan fingerprint density at radius 1 is 1.47 bits per heavy atom. The highest BCUT2D eigenvalue weighted by molar-refractivity contribution is 5.78. The largest absolute Gasteiger partial charge is 0.394 e. The molecule has 0 bridgehead atoms. The number of hydrogen-bond acceptors (Lipinski definition) is 3. The number of ether oxygens (including phenoxy) is 1. The van der Waals surface area contributed by atoms with Crippen LogP contribution in [0.3, 0.4) is 0 Å². The van der Waals surface area contributed by atoms with Gasteiger partial charge in [0.1, 0.15) is 0 Å². The summed E-state index contributed by atoms with van der Waals surface area (Å²) in [6, 6.07) is 0. The first-order valence-electron chi connectivity index (χ1n) is 5.66. The number of carbonyl (C=O) groups is 1. The van der Waals surface area contributed by atoms with Crippen molar-refractivity contribution in [2.24, 2.45) is 5.92 Å². The van der Waals surface area contributed by atoms with E-state index in [2.05, 4.69) is 0 Å². The van der Waals surface area contributed by atoms with Gasteiger partial charge in [0.05, 0.1) is 19.3 Å². The zero-order valence-corrected chi connectivity index (χ0v) is 9.61. The lowest BCUT2D eigenvalue weighted by molar-refractivity contribution is -0.137. The summed E-state index contributed by atoms with van der Waals surface area (Å²) in [7, 11) is 0. The van der Waals surface area contributed by atoms with Crippen LogP contribution in [0.1, 0.15) is 26.7 Å². The lowest BCUT2D eigenvalue weighted by Crippen LogP contribution is -2.42. The smallest absolute Gasteiger partial charge is 0.225 e. The van der Waals surface area contributed by atoms with E-state index in [0.29, 0.717) is 6.61 Å². The Kier molecular flexibility index (Phi) is 5.05. The molecule has 1 N–H and O–H groups in total. The first-order chi connectivity index (χ1) is 7.15. The minimum Gasteiger partial charge on any atom is -0.394 e. The number of likely N-dealkylation sites (tertiary alicyclic amines) is 1.